The van der Waals surface area contributed by atoms with E-state index in [0.29, 0.717) is 12.5 Å². The summed E-state index contributed by atoms with van der Waals surface area (Å²) in [6.07, 6.45) is 6.33. The van der Waals surface area contributed by atoms with Gasteiger partial charge < -0.3 is 15.0 Å². The minimum Gasteiger partial charge on any atom is -0.496 e. The van der Waals surface area contributed by atoms with Crippen LogP contribution in [0.1, 0.15) is 37.7 Å². The van der Waals surface area contributed by atoms with Gasteiger partial charge in [-0.25, -0.2) is 0 Å². The fourth-order valence-electron chi connectivity index (χ4n) is 3.26. The molecule has 1 saturated heterocycles. The number of hydrogen-bond acceptors (Lipinski definition) is 3. The minimum atomic E-state index is 0.280. The van der Waals surface area contributed by atoms with E-state index < -0.39 is 0 Å². The molecule has 1 amide bonds. The van der Waals surface area contributed by atoms with Crippen LogP contribution in [0.2, 0.25) is 0 Å². The number of halogens is 1. The number of amides is 1. The summed E-state index contributed by atoms with van der Waals surface area (Å²) in [6, 6.07) is 6.62. The number of nitrogens with zero attached hydrogens (tertiary/aromatic N) is 1. The number of benzene rings is 1. The first kappa shape index (κ1) is 17.7. The molecule has 132 valence electrons. The van der Waals surface area contributed by atoms with Gasteiger partial charge in [0.15, 0.2) is 0 Å². The van der Waals surface area contributed by atoms with Gasteiger partial charge in [-0.2, -0.15) is 0 Å². The lowest BCUT2D eigenvalue weighted by Gasteiger charge is -2.32. The van der Waals surface area contributed by atoms with Gasteiger partial charge in [-0.05, 0) is 78.2 Å². The average molecular weight is 395 g/mol. The van der Waals surface area contributed by atoms with Crippen molar-refractivity contribution < 1.29 is 9.53 Å². The highest BCUT2D eigenvalue weighted by atomic mass is 79.9. The van der Waals surface area contributed by atoms with Crippen LogP contribution in [0.3, 0.4) is 0 Å². The first-order valence-corrected chi connectivity index (χ1v) is 9.78. The average Bonchev–Trinajstić information content (AvgIpc) is 3.43. The van der Waals surface area contributed by atoms with Gasteiger partial charge in [0.05, 0.1) is 11.6 Å². The van der Waals surface area contributed by atoms with E-state index in [0.717, 1.165) is 54.1 Å². The zero-order valence-corrected chi connectivity index (χ0v) is 16.0. The molecule has 2 fully saturated rings. The lowest BCUT2D eigenvalue weighted by atomic mass is 10.0. The quantitative estimate of drug-likeness (QED) is 0.770. The lowest BCUT2D eigenvalue weighted by Crippen LogP contribution is -2.45. The van der Waals surface area contributed by atoms with Gasteiger partial charge in [0.2, 0.25) is 5.91 Å². The smallest absolute Gasteiger partial charge is 0.222 e. The Labute approximate surface area is 153 Å². The normalized spacial score (nSPS) is 18.7. The van der Waals surface area contributed by atoms with E-state index in [-0.39, 0.29) is 5.91 Å². The van der Waals surface area contributed by atoms with Crippen molar-refractivity contribution in [2.24, 2.45) is 5.92 Å². The second-order valence-corrected chi connectivity index (χ2v) is 7.83. The number of methoxy groups -OCH3 is 1. The first-order valence-electron chi connectivity index (χ1n) is 8.99. The zero-order valence-electron chi connectivity index (χ0n) is 14.4. The molecule has 3 rings (SSSR count). The van der Waals surface area contributed by atoms with Crippen LogP contribution >= 0.6 is 15.9 Å². The molecule has 1 saturated carbocycles. The van der Waals surface area contributed by atoms with E-state index in [1.54, 1.807) is 7.11 Å². The van der Waals surface area contributed by atoms with Crippen molar-refractivity contribution in [1.29, 1.82) is 0 Å². The van der Waals surface area contributed by atoms with Gasteiger partial charge in [0.25, 0.3) is 0 Å². The Bertz CT molecular complexity index is 566. The summed E-state index contributed by atoms with van der Waals surface area (Å²) in [5.74, 6) is 2.03. The number of ether oxygens (including phenoxy) is 1. The Morgan fingerprint density at radius 3 is 2.67 bits per heavy atom. The Hall–Kier alpha value is -1.07. The van der Waals surface area contributed by atoms with E-state index in [2.05, 4.69) is 21.2 Å². The molecule has 0 atom stereocenters. The van der Waals surface area contributed by atoms with E-state index in [9.17, 15) is 4.79 Å². The number of nitrogens with one attached hydrogen (secondary N) is 1. The van der Waals surface area contributed by atoms with Crippen LogP contribution in [0.5, 0.6) is 5.75 Å². The molecule has 0 aromatic heterocycles. The van der Waals surface area contributed by atoms with Crippen LogP contribution < -0.4 is 10.1 Å². The third-order valence-corrected chi connectivity index (χ3v) is 5.70. The van der Waals surface area contributed by atoms with E-state index in [4.69, 9.17) is 4.74 Å². The molecule has 1 heterocycles. The SMILES string of the molecule is COc1ccc(CCC(=O)N2CCC(NCC3CC3)CC2)cc1Br. The third-order valence-electron chi connectivity index (χ3n) is 5.08. The van der Waals surface area contributed by atoms with Gasteiger partial charge in [0, 0.05) is 25.6 Å². The van der Waals surface area contributed by atoms with Crippen molar-refractivity contribution in [3.05, 3.63) is 28.2 Å². The number of rotatable bonds is 7. The third kappa shape index (κ3) is 4.96. The van der Waals surface area contributed by atoms with Crippen molar-refractivity contribution in [3.63, 3.8) is 0 Å². The fourth-order valence-corrected chi connectivity index (χ4v) is 3.85. The number of likely N-dealkylation sites (tertiary alicyclic amines) is 1. The van der Waals surface area contributed by atoms with Crippen LogP contribution in [0.4, 0.5) is 0 Å². The molecule has 1 aromatic carbocycles. The highest BCUT2D eigenvalue weighted by molar-refractivity contribution is 9.10. The predicted octanol–water partition coefficient (Wildman–Crippen LogP) is 3.38. The second kappa shape index (κ2) is 8.34. The molecule has 2 aliphatic rings. The molecule has 0 unspecified atom stereocenters. The summed E-state index contributed by atoms with van der Waals surface area (Å²) in [5, 5.41) is 3.66. The molecular formula is C19H27BrN2O2. The van der Waals surface area contributed by atoms with Crippen LogP contribution in [0.25, 0.3) is 0 Å². The summed E-state index contributed by atoms with van der Waals surface area (Å²) in [7, 11) is 1.66. The molecule has 1 aliphatic heterocycles. The number of carbonyl (C=O) groups excluding carboxylic acids is 1. The van der Waals surface area contributed by atoms with Gasteiger partial charge in [0.1, 0.15) is 5.75 Å². The number of hydrogen-bond donors (Lipinski definition) is 1. The molecule has 24 heavy (non-hydrogen) atoms. The monoisotopic (exact) mass is 394 g/mol. The summed E-state index contributed by atoms with van der Waals surface area (Å²) < 4.78 is 6.18. The molecule has 5 heteroatoms. The Balaban J connectivity index is 1.40. The van der Waals surface area contributed by atoms with Crippen molar-refractivity contribution in [3.8, 4) is 5.75 Å². The minimum absolute atomic E-state index is 0.280. The Morgan fingerprint density at radius 2 is 2.04 bits per heavy atom. The van der Waals surface area contributed by atoms with Gasteiger partial charge >= 0.3 is 0 Å². The maximum absolute atomic E-state index is 12.4. The number of carbonyl (C=O) groups is 1. The Kier molecular flexibility index (Phi) is 6.17. The molecular weight excluding hydrogens is 368 g/mol. The van der Waals surface area contributed by atoms with E-state index in [1.807, 2.05) is 23.1 Å². The molecule has 0 radical (unpaired) electrons. The molecule has 1 N–H and O–H groups in total. The second-order valence-electron chi connectivity index (χ2n) is 6.98. The van der Waals surface area contributed by atoms with Gasteiger partial charge in [-0.1, -0.05) is 6.07 Å². The van der Waals surface area contributed by atoms with Gasteiger partial charge in [-0.15, -0.1) is 0 Å². The van der Waals surface area contributed by atoms with Crippen LogP contribution in [-0.2, 0) is 11.2 Å². The summed E-state index contributed by atoms with van der Waals surface area (Å²) >= 11 is 3.50. The highest BCUT2D eigenvalue weighted by Crippen LogP contribution is 2.28. The first-order chi connectivity index (χ1) is 11.7. The topological polar surface area (TPSA) is 41.6 Å². The molecule has 1 aromatic rings. The van der Waals surface area contributed by atoms with Crippen molar-refractivity contribution >= 4 is 21.8 Å². The van der Waals surface area contributed by atoms with Crippen molar-refractivity contribution in [2.45, 2.75) is 44.6 Å². The molecule has 1 aliphatic carbocycles. The standard InChI is InChI=1S/C19H27BrN2O2/c1-24-18-6-4-14(12-17(18)20)5-7-19(23)22-10-8-16(9-11-22)21-13-15-2-3-15/h4,6,12,15-16,21H,2-3,5,7-11,13H2,1H3. The zero-order chi connectivity index (χ0) is 16.9. The van der Waals surface area contributed by atoms with Crippen LogP contribution in [0.15, 0.2) is 22.7 Å². The fraction of sp³-hybridized carbons (Fsp3) is 0.632. The van der Waals surface area contributed by atoms with Gasteiger partial charge in [-0.3, -0.25) is 4.79 Å². The van der Waals surface area contributed by atoms with Crippen LogP contribution in [-0.4, -0.2) is 43.6 Å². The molecule has 4 nitrogen and oxygen atoms in total. The van der Waals surface area contributed by atoms with Crippen LogP contribution in [0, 0.1) is 5.92 Å². The number of piperidine rings is 1. The Morgan fingerprint density at radius 1 is 1.29 bits per heavy atom. The predicted molar refractivity (Wildman–Crippen MR) is 99.3 cm³/mol. The summed E-state index contributed by atoms with van der Waals surface area (Å²) in [4.78, 5) is 14.5. The summed E-state index contributed by atoms with van der Waals surface area (Å²) in [6.45, 7) is 2.96. The van der Waals surface area contributed by atoms with E-state index >= 15 is 0 Å². The van der Waals surface area contributed by atoms with Crippen molar-refractivity contribution in [2.75, 3.05) is 26.7 Å². The molecule has 0 spiro atoms. The maximum atomic E-state index is 12.4. The largest absolute Gasteiger partial charge is 0.496 e. The van der Waals surface area contributed by atoms with E-state index in [1.165, 1.54) is 19.4 Å². The molecule has 0 bridgehead atoms. The lowest BCUT2D eigenvalue weighted by molar-refractivity contribution is -0.132. The van der Waals surface area contributed by atoms with Crippen molar-refractivity contribution in [1.82, 2.24) is 10.2 Å². The highest BCUT2D eigenvalue weighted by Gasteiger charge is 2.25. The summed E-state index contributed by atoms with van der Waals surface area (Å²) in [5.41, 5.74) is 1.16. The maximum Gasteiger partial charge on any atom is 0.222 e. The number of aryl methyl sites for hydroxylation is 1.